The lowest BCUT2D eigenvalue weighted by molar-refractivity contribution is 0.0929. The van der Waals surface area contributed by atoms with Crippen LogP contribution in [0, 0.1) is 0 Å². The van der Waals surface area contributed by atoms with Crippen molar-refractivity contribution < 1.29 is 18.7 Å². The van der Waals surface area contributed by atoms with Gasteiger partial charge in [-0.05, 0) is 47.0 Å². The van der Waals surface area contributed by atoms with Gasteiger partial charge in [0, 0.05) is 10.9 Å². The van der Waals surface area contributed by atoms with Crippen LogP contribution in [0.4, 0.5) is 0 Å². The maximum atomic E-state index is 12.6. The van der Waals surface area contributed by atoms with Crippen molar-refractivity contribution in [2.45, 2.75) is 6.42 Å². The molecule has 0 atom stereocenters. The minimum atomic E-state index is -0.427. The molecule has 3 aromatic carbocycles. The van der Waals surface area contributed by atoms with Crippen molar-refractivity contribution in [1.29, 1.82) is 0 Å². The van der Waals surface area contributed by atoms with Crippen LogP contribution >= 0.6 is 0 Å². The maximum absolute atomic E-state index is 12.6. The molecule has 0 unspecified atom stereocenters. The average molecular weight is 414 g/mol. The third kappa shape index (κ3) is 4.00. The largest absolute Gasteiger partial charge is 0.493 e. The monoisotopic (exact) mass is 414 g/mol. The molecule has 1 amide bonds. The molecule has 156 valence electrons. The Hall–Kier alpha value is -4.06. The normalized spacial score (nSPS) is 11.2. The van der Waals surface area contributed by atoms with Gasteiger partial charge in [0.25, 0.3) is 0 Å². The minimum Gasteiger partial charge on any atom is -0.493 e. The van der Waals surface area contributed by atoms with E-state index in [1.807, 2.05) is 42.5 Å². The molecular weight excluding hydrogens is 392 g/mol. The number of carbonyl (C=O) groups is 1. The number of allylic oxidation sites excluding steroid dienone is 1. The average Bonchev–Trinajstić information content (AvgIpc) is 3.24. The van der Waals surface area contributed by atoms with Crippen molar-refractivity contribution in [1.82, 2.24) is 5.43 Å². The second-order valence-corrected chi connectivity index (χ2v) is 6.92. The summed E-state index contributed by atoms with van der Waals surface area (Å²) in [4.78, 5) is 12.6. The van der Waals surface area contributed by atoms with E-state index in [1.165, 1.54) is 0 Å². The fourth-order valence-electron chi connectivity index (χ4n) is 3.57. The molecule has 1 aromatic heterocycles. The molecule has 0 radical (unpaired) electrons. The zero-order chi connectivity index (χ0) is 21.8. The van der Waals surface area contributed by atoms with Crippen molar-refractivity contribution in [3.05, 3.63) is 84.1 Å². The van der Waals surface area contributed by atoms with E-state index in [9.17, 15) is 4.79 Å². The summed E-state index contributed by atoms with van der Waals surface area (Å²) in [6.45, 7) is 3.77. The first kappa shape index (κ1) is 20.2. The maximum Gasteiger partial charge on any atom is 0.307 e. The Morgan fingerprint density at radius 2 is 1.94 bits per heavy atom. The molecule has 0 saturated heterocycles. The Labute approximate surface area is 179 Å². The minimum absolute atomic E-state index is 0.197. The molecule has 0 aliphatic carbocycles. The first-order valence-electron chi connectivity index (χ1n) is 9.75. The Morgan fingerprint density at radius 1 is 1.10 bits per heavy atom. The lowest BCUT2D eigenvalue weighted by Crippen LogP contribution is -2.16. The Morgan fingerprint density at radius 3 is 2.71 bits per heavy atom. The van der Waals surface area contributed by atoms with Crippen molar-refractivity contribution in [2.75, 3.05) is 14.2 Å². The predicted octanol–water partition coefficient (Wildman–Crippen LogP) is 5.10. The number of hydrogen-bond acceptors (Lipinski definition) is 5. The van der Waals surface area contributed by atoms with Crippen LogP contribution in [0.2, 0.25) is 0 Å². The molecule has 1 N–H and O–H groups in total. The van der Waals surface area contributed by atoms with E-state index in [0.29, 0.717) is 23.5 Å². The number of benzene rings is 3. The van der Waals surface area contributed by atoms with Gasteiger partial charge in [-0.25, -0.2) is 5.43 Å². The fraction of sp³-hybridized carbons (Fsp3) is 0.120. The van der Waals surface area contributed by atoms with Crippen LogP contribution in [0.25, 0.3) is 21.7 Å². The molecule has 0 aliphatic rings. The molecule has 0 saturated carbocycles. The Balaban J connectivity index is 1.56. The highest BCUT2D eigenvalue weighted by Gasteiger charge is 2.14. The lowest BCUT2D eigenvalue weighted by Gasteiger charge is -2.12. The fourth-order valence-corrected chi connectivity index (χ4v) is 3.57. The van der Waals surface area contributed by atoms with E-state index < -0.39 is 5.91 Å². The third-order valence-corrected chi connectivity index (χ3v) is 4.97. The van der Waals surface area contributed by atoms with Crippen LogP contribution < -0.4 is 14.9 Å². The summed E-state index contributed by atoms with van der Waals surface area (Å²) in [7, 11) is 3.17. The van der Waals surface area contributed by atoms with Crippen molar-refractivity contribution in [3.8, 4) is 11.5 Å². The van der Waals surface area contributed by atoms with Crippen LogP contribution in [0.5, 0.6) is 11.5 Å². The number of nitrogens with one attached hydrogen (secondary N) is 1. The summed E-state index contributed by atoms with van der Waals surface area (Å²) in [5.41, 5.74) is 4.84. The number of ether oxygens (including phenoxy) is 2. The van der Waals surface area contributed by atoms with E-state index in [2.05, 4.69) is 17.1 Å². The number of hydrogen-bond donors (Lipinski definition) is 1. The van der Waals surface area contributed by atoms with E-state index >= 15 is 0 Å². The summed E-state index contributed by atoms with van der Waals surface area (Å²) in [6.07, 6.45) is 3.94. The van der Waals surface area contributed by atoms with Gasteiger partial charge in [-0.1, -0.05) is 36.4 Å². The smallest absolute Gasteiger partial charge is 0.307 e. The SMILES string of the molecule is C=CCc1cc(/C=N/NC(=O)c2cc3c(ccc4ccccc43)o2)cc(OC)c1OC. The number of furan rings is 1. The van der Waals surface area contributed by atoms with Gasteiger partial charge in [-0.2, -0.15) is 5.10 Å². The van der Waals surface area contributed by atoms with E-state index in [4.69, 9.17) is 13.9 Å². The molecule has 6 nitrogen and oxygen atoms in total. The second kappa shape index (κ2) is 8.75. The molecule has 0 aliphatic heterocycles. The van der Waals surface area contributed by atoms with Gasteiger partial charge >= 0.3 is 5.91 Å². The van der Waals surface area contributed by atoms with Gasteiger partial charge < -0.3 is 13.9 Å². The Kier molecular flexibility index (Phi) is 5.71. The second-order valence-electron chi connectivity index (χ2n) is 6.92. The zero-order valence-corrected chi connectivity index (χ0v) is 17.3. The van der Waals surface area contributed by atoms with Gasteiger partial charge in [0.2, 0.25) is 0 Å². The van der Waals surface area contributed by atoms with E-state index in [1.54, 1.807) is 38.6 Å². The number of fused-ring (bicyclic) bond motifs is 3. The van der Waals surface area contributed by atoms with Crippen molar-refractivity contribution in [3.63, 3.8) is 0 Å². The predicted molar refractivity (Wildman–Crippen MR) is 122 cm³/mol. The van der Waals surface area contributed by atoms with Crippen LogP contribution in [0.3, 0.4) is 0 Å². The molecule has 1 heterocycles. The Bertz CT molecular complexity index is 1300. The number of methoxy groups -OCH3 is 2. The molecule has 0 bridgehead atoms. The number of rotatable bonds is 7. The van der Waals surface area contributed by atoms with Gasteiger partial charge in [0.05, 0.1) is 20.4 Å². The molecule has 6 heteroatoms. The topological polar surface area (TPSA) is 73.1 Å². The first-order chi connectivity index (χ1) is 15.1. The summed E-state index contributed by atoms with van der Waals surface area (Å²) in [5.74, 6) is 1.00. The molecular formula is C25H22N2O4. The number of carbonyl (C=O) groups excluding carboxylic acids is 1. The highest BCUT2D eigenvalue weighted by molar-refractivity contribution is 6.08. The summed E-state index contributed by atoms with van der Waals surface area (Å²) in [5, 5.41) is 7.09. The van der Waals surface area contributed by atoms with Crippen LogP contribution in [-0.2, 0) is 6.42 Å². The lowest BCUT2D eigenvalue weighted by atomic mass is 10.1. The van der Waals surface area contributed by atoms with Crippen molar-refractivity contribution >= 4 is 33.9 Å². The first-order valence-corrected chi connectivity index (χ1v) is 9.75. The van der Waals surface area contributed by atoms with Gasteiger partial charge in [0.15, 0.2) is 17.3 Å². The van der Waals surface area contributed by atoms with Crippen molar-refractivity contribution in [2.24, 2.45) is 5.10 Å². The standard InChI is InChI=1S/C25H22N2O4/c1-4-7-18-12-16(13-22(29-2)24(18)30-3)15-26-27-25(28)23-14-20-19-9-6-5-8-17(19)10-11-21(20)31-23/h4-6,8-15H,1,7H2,2-3H3,(H,27,28)/b26-15+. The summed E-state index contributed by atoms with van der Waals surface area (Å²) >= 11 is 0. The third-order valence-electron chi connectivity index (χ3n) is 4.97. The van der Waals surface area contributed by atoms with Gasteiger partial charge in [-0.3, -0.25) is 4.79 Å². The quantitative estimate of drug-likeness (QED) is 0.260. The number of hydrazone groups is 1. The summed E-state index contributed by atoms with van der Waals surface area (Å²) < 4.78 is 16.6. The zero-order valence-electron chi connectivity index (χ0n) is 17.3. The van der Waals surface area contributed by atoms with E-state index in [-0.39, 0.29) is 5.76 Å². The van der Waals surface area contributed by atoms with Crippen LogP contribution in [0.1, 0.15) is 21.7 Å². The van der Waals surface area contributed by atoms with Gasteiger partial charge in [-0.15, -0.1) is 6.58 Å². The highest BCUT2D eigenvalue weighted by atomic mass is 16.5. The van der Waals surface area contributed by atoms with Crippen LogP contribution in [-0.4, -0.2) is 26.3 Å². The molecule has 4 aromatic rings. The van der Waals surface area contributed by atoms with Gasteiger partial charge in [0.1, 0.15) is 5.58 Å². The number of amides is 1. The molecule has 0 fully saturated rings. The highest BCUT2D eigenvalue weighted by Crippen LogP contribution is 2.33. The van der Waals surface area contributed by atoms with E-state index in [0.717, 1.165) is 27.3 Å². The molecule has 31 heavy (non-hydrogen) atoms. The molecule has 4 rings (SSSR count). The summed E-state index contributed by atoms with van der Waals surface area (Å²) in [6, 6.07) is 17.2. The molecule has 0 spiro atoms. The van der Waals surface area contributed by atoms with Crippen LogP contribution in [0.15, 0.2) is 76.8 Å². The number of nitrogens with zero attached hydrogens (tertiary/aromatic N) is 1.